The van der Waals surface area contributed by atoms with E-state index in [-0.39, 0.29) is 12.5 Å². The van der Waals surface area contributed by atoms with Crippen molar-refractivity contribution in [3.8, 4) is 0 Å². The summed E-state index contributed by atoms with van der Waals surface area (Å²) in [5, 5.41) is 10.4. The summed E-state index contributed by atoms with van der Waals surface area (Å²) in [5.74, 6) is -0.730. The highest BCUT2D eigenvalue weighted by Gasteiger charge is 2.34. The van der Waals surface area contributed by atoms with E-state index in [0.29, 0.717) is 30.7 Å². The molecule has 2 aromatic rings. The van der Waals surface area contributed by atoms with Crippen LogP contribution in [-0.2, 0) is 4.79 Å². The Bertz CT molecular complexity index is 742. The molecule has 2 N–H and O–H groups in total. The number of alkyl halides is 3. The fourth-order valence-corrected chi connectivity index (χ4v) is 3.00. The number of rotatable bonds is 3. The Morgan fingerprint density at radius 1 is 1.50 bits per heavy atom. The standard InChI is InChI=1S/C15H18F3N5O/c1-9-12-5-11(6-19-13(12)22-21-9)20-14(24)10-3-2-4-23(7-10)8-15(16,17)18/h5-6,10H,2-4,7-8H2,1H3,(H,20,24)(H,19,21,22). The van der Waals surface area contributed by atoms with Gasteiger partial charge in [0.1, 0.15) is 0 Å². The van der Waals surface area contributed by atoms with E-state index >= 15 is 0 Å². The lowest BCUT2D eigenvalue weighted by Crippen LogP contribution is -2.44. The fourth-order valence-electron chi connectivity index (χ4n) is 3.00. The number of nitrogens with zero attached hydrogens (tertiary/aromatic N) is 3. The van der Waals surface area contributed by atoms with Crippen LogP contribution in [0.25, 0.3) is 11.0 Å². The number of fused-ring (bicyclic) bond motifs is 1. The van der Waals surface area contributed by atoms with Crippen LogP contribution in [0.15, 0.2) is 12.3 Å². The highest BCUT2D eigenvalue weighted by Crippen LogP contribution is 2.24. The Hall–Kier alpha value is -2.16. The van der Waals surface area contributed by atoms with Crippen LogP contribution in [0.1, 0.15) is 18.5 Å². The summed E-state index contributed by atoms with van der Waals surface area (Å²) in [6.45, 7) is 1.36. The minimum absolute atomic E-state index is 0.117. The number of aromatic nitrogens is 3. The Kier molecular flexibility index (Phi) is 4.44. The number of amides is 1. The van der Waals surface area contributed by atoms with Crippen LogP contribution in [0.3, 0.4) is 0 Å². The number of piperidine rings is 1. The van der Waals surface area contributed by atoms with Gasteiger partial charge in [0.15, 0.2) is 5.65 Å². The highest BCUT2D eigenvalue weighted by atomic mass is 19.4. The minimum atomic E-state index is -4.24. The molecule has 0 bridgehead atoms. The number of aromatic amines is 1. The molecular formula is C15H18F3N5O. The van der Waals surface area contributed by atoms with Gasteiger partial charge >= 0.3 is 6.18 Å². The second-order valence-corrected chi connectivity index (χ2v) is 6.12. The molecule has 0 spiro atoms. The molecule has 3 rings (SSSR count). The first-order valence-corrected chi connectivity index (χ1v) is 7.72. The van der Waals surface area contributed by atoms with Crippen molar-refractivity contribution in [1.29, 1.82) is 0 Å². The molecule has 2 aromatic heterocycles. The van der Waals surface area contributed by atoms with Gasteiger partial charge in [-0.05, 0) is 32.4 Å². The normalized spacial score (nSPS) is 19.6. The van der Waals surface area contributed by atoms with Gasteiger partial charge in [-0.2, -0.15) is 18.3 Å². The number of likely N-dealkylation sites (tertiary alicyclic amines) is 1. The van der Waals surface area contributed by atoms with Gasteiger partial charge in [-0.3, -0.25) is 14.8 Å². The molecule has 0 aliphatic carbocycles. The second-order valence-electron chi connectivity index (χ2n) is 6.12. The predicted molar refractivity (Wildman–Crippen MR) is 82.5 cm³/mol. The van der Waals surface area contributed by atoms with Crippen molar-refractivity contribution in [2.24, 2.45) is 5.92 Å². The molecule has 24 heavy (non-hydrogen) atoms. The quantitative estimate of drug-likeness (QED) is 0.899. The number of pyridine rings is 1. The first-order valence-electron chi connectivity index (χ1n) is 7.72. The van der Waals surface area contributed by atoms with Crippen molar-refractivity contribution < 1.29 is 18.0 Å². The van der Waals surface area contributed by atoms with Crippen molar-refractivity contribution in [1.82, 2.24) is 20.1 Å². The zero-order valence-corrected chi connectivity index (χ0v) is 13.2. The molecule has 9 heteroatoms. The summed E-state index contributed by atoms with van der Waals surface area (Å²) in [7, 11) is 0. The molecule has 0 saturated carbocycles. The van der Waals surface area contributed by atoms with Crippen LogP contribution in [-0.4, -0.2) is 51.8 Å². The van der Waals surface area contributed by atoms with Crippen LogP contribution >= 0.6 is 0 Å². The number of hydrogen-bond acceptors (Lipinski definition) is 4. The third kappa shape index (κ3) is 3.84. The fraction of sp³-hybridized carbons (Fsp3) is 0.533. The highest BCUT2D eigenvalue weighted by molar-refractivity contribution is 5.94. The van der Waals surface area contributed by atoms with Crippen LogP contribution in [0.2, 0.25) is 0 Å². The number of anilines is 1. The van der Waals surface area contributed by atoms with Crippen molar-refractivity contribution in [3.05, 3.63) is 18.0 Å². The van der Waals surface area contributed by atoms with E-state index in [1.807, 2.05) is 6.92 Å². The van der Waals surface area contributed by atoms with Gasteiger partial charge in [-0.25, -0.2) is 4.98 Å². The van der Waals surface area contributed by atoms with Gasteiger partial charge in [-0.1, -0.05) is 0 Å². The van der Waals surface area contributed by atoms with Crippen molar-refractivity contribution >= 4 is 22.6 Å². The summed E-state index contributed by atoms with van der Waals surface area (Å²) >= 11 is 0. The number of nitrogens with one attached hydrogen (secondary N) is 2. The molecule has 130 valence electrons. The van der Waals surface area contributed by atoms with Crippen LogP contribution < -0.4 is 5.32 Å². The van der Waals surface area contributed by atoms with E-state index in [9.17, 15) is 18.0 Å². The lowest BCUT2D eigenvalue weighted by atomic mass is 9.97. The average molecular weight is 341 g/mol. The topological polar surface area (TPSA) is 73.9 Å². The molecule has 0 radical (unpaired) electrons. The van der Waals surface area contributed by atoms with Gasteiger partial charge < -0.3 is 5.32 Å². The van der Waals surface area contributed by atoms with E-state index in [2.05, 4.69) is 20.5 Å². The number of aryl methyl sites for hydroxylation is 1. The maximum atomic E-state index is 12.5. The van der Waals surface area contributed by atoms with Crippen molar-refractivity contribution in [2.75, 3.05) is 25.0 Å². The van der Waals surface area contributed by atoms with E-state index in [1.54, 1.807) is 6.07 Å². The van der Waals surface area contributed by atoms with E-state index in [0.717, 1.165) is 11.1 Å². The molecule has 1 unspecified atom stereocenters. The van der Waals surface area contributed by atoms with Gasteiger partial charge in [0, 0.05) is 17.6 Å². The van der Waals surface area contributed by atoms with Gasteiger partial charge in [-0.15, -0.1) is 0 Å². The molecule has 1 fully saturated rings. The van der Waals surface area contributed by atoms with Gasteiger partial charge in [0.2, 0.25) is 5.91 Å². The number of H-pyrrole nitrogens is 1. The minimum Gasteiger partial charge on any atom is -0.324 e. The summed E-state index contributed by atoms with van der Waals surface area (Å²) in [6.07, 6.45) is -1.59. The first kappa shape index (κ1) is 16.7. The van der Waals surface area contributed by atoms with Gasteiger partial charge in [0.05, 0.1) is 24.3 Å². The number of carbonyl (C=O) groups excluding carboxylic acids is 1. The van der Waals surface area contributed by atoms with Crippen molar-refractivity contribution in [3.63, 3.8) is 0 Å². The maximum Gasteiger partial charge on any atom is 0.401 e. The first-order chi connectivity index (χ1) is 11.3. The summed E-state index contributed by atoms with van der Waals surface area (Å²) < 4.78 is 37.5. The number of hydrogen-bond donors (Lipinski definition) is 2. The Balaban J connectivity index is 1.65. The molecule has 1 amide bonds. The zero-order chi connectivity index (χ0) is 17.3. The third-order valence-corrected chi connectivity index (χ3v) is 4.15. The number of halogens is 3. The van der Waals surface area contributed by atoms with Gasteiger partial charge in [0.25, 0.3) is 0 Å². The molecular weight excluding hydrogens is 323 g/mol. The third-order valence-electron chi connectivity index (χ3n) is 4.15. The molecule has 6 nitrogen and oxygen atoms in total. The Morgan fingerprint density at radius 3 is 3.04 bits per heavy atom. The molecule has 3 heterocycles. The molecule has 1 aliphatic rings. The molecule has 1 aliphatic heterocycles. The largest absolute Gasteiger partial charge is 0.401 e. The maximum absolute atomic E-state index is 12.5. The van der Waals surface area contributed by atoms with E-state index in [4.69, 9.17) is 0 Å². The Morgan fingerprint density at radius 2 is 2.29 bits per heavy atom. The zero-order valence-electron chi connectivity index (χ0n) is 13.2. The SMILES string of the molecule is Cc1[nH]nc2ncc(NC(=O)C3CCCN(CC(F)(F)F)C3)cc12. The lowest BCUT2D eigenvalue weighted by Gasteiger charge is -2.32. The summed E-state index contributed by atoms with van der Waals surface area (Å²) in [4.78, 5) is 17.8. The van der Waals surface area contributed by atoms with Crippen molar-refractivity contribution in [2.45, 2.75) is 25.9 Å². The average Bonchev–Trinajstić information content (AvgIpc) is 2.87. The van der Waals surface area contributed by atoms with Crippen LogP contribution in [0, 0.1) is 12.8 Å². The smallest absolute Gasteiger partial charge is 0.324 e. The summed E-state index contributed by atoms with van der Waals surface area (Å²) in [6, 6.07) is 1.76. The lowest BCUT2D eigenvalue weighted by molar-refractivity contribution is -0.151. The van der Waals surface area contributed by atoms with E-state index < -0.39 is 18.6 Å². The Labute approximate surface area is 136 Å². The van der Waals surface area contributed by atoms with E-state index in [1.165, 1.54) is 11.1 Å². The molecule has 1 saturated heterocycles. The monoisotopic (exact) mass is 341 g/mol. The van der Waals surface area contributed by atoms with Crippen LogP contribution in [0.4, 0.5) is 18.9 Å². The number of carbonyl (C=O) groups is 1. The molecule has 1 atom stereocenters. The second kappa shape index (κ2) is 6.39. The summed E-state index contributed by atoms with van der Waals surface area (Å²) in [5.41, 5.74) is 1.91. The predicted octanol–water partition coefficient (Wildman–Crippen LogP) is 2.48. The van der Waals surface area contributed by atoms with Crippen LogP contribution in [0.5, 0.6) is 0 Å². The molecule has 0 aromatic carbocycles.